The molecule has 1 heterocycles. The van der Waals surface area contributed by atoms with E-state index in [-0.39, 0.29) is 11.3 Å². The van der Waals surface area contributed by atoms with Crippen LogP contribution in [0, 0.1) is 10.1 Å². The lowest BCUT2D eigenvalue weighted by atomic mass is 10.2. The van der Waals surface area contributed by atoms with E-state index in [9.17, 15) is 14.9 Å². The van der Waals surface area contributed by atoms with Gasteiger partial charge in [-0.15, -0.1) is 0 Å². The van der Waals surface area contributed by atoms with Gasteiger partial charge in [-0.2, -0.15) is 5.10 Å². The number of hydrogen-bond donors (Lipinski definition) is 1. The molecule has 0 unspecified atom stereocenters. The van der Waals surface area contributed by atoms with Gasteiger partial charge in [-0.3, -0.25) is 14.9 Å². The molecule has 0 aliphatic rings. The normalized spacial score (nSPS) is 11.0. The summed E-state index contributed by atoms with van der Waals surface area (Å²) in [5, 5.41) is 14.3. The van der Waals surface area contributed by atoms with Crippen molar-refractivity contribution in [3.63, 3.8) is 0 Å². The maximum atomic E-state index is 11.7. The van der Waals surface area contributed by atoms with Gasteiger partial charge in [0.15, 0.2) is 0 Å². The summed E-state index contributed by atoms with van der Waals surface area (Å²) in [7, 11) is 0. The van der Waals surface area contributed by atoms with Crippen LogP contribution >= 0.6 is 0 Å². The van der Waals surface area contributed by atoms with Crippen LogP contribution < -0.4 is 5.43 Å². The third-order valence-electron chi connectivity index (χ3n) is 2.45. The highest BCUT2D eigenvalue weighted by molar-refractivity contribution is 5.95. The summed E-state index contributed by atoms with van der Waals surface area (Å²) in [6.45, 7) is 0. The molecular weight excluding hydrogens is 274 g/mol. The fraction of sp³-hybridized carbons (Fsp3) is 0. The van der Waals surface area contributed by atoms with E-state index in [0.29, 0.717) is 5.76 Å². The van der Waals surface area contributed by atoms with Gasteiger partial charge in [0, 0.05) is 23.9 Å². The Balaban J connectivity index is 1.92. The SMILES string of the molecule is O=C(N/N=C\C=C\c1ccco1)c1cccc([N+](=O)[O-])c1. The van der Waals surface area contributed by atoms with Crippen LogP contribution in [0.3, 0.4) is 0 Å². The summed E-state index contributed by atoms with van der Waals surface area (Å²) in [6, 6.07) is 8.92. The molecule has 0 fully saturated rings. The summed E-state index contributed by atoms with van der Waals surface area (Å²) in [5.41, 5.74) is 2.29. The molecule has 1 aromatic heterocycles. The molecule has 0 aliphatic heterocycles. The first kappa shape index (κ1) is 14.2. The second-order valence-electron chi connectivity index (χ2n) is 3.90. The Morgan fingerprint density at radius 1 is 1.33 bits per heavy atom. The Bertz CT molecular complexity index is 690. The van der Waals surface area contributed by atoms with Crippen LogP contribution in [0.5, 0.6) is 0 Å². The molecule has 1 N–H and O–H groups in total. The van der Waals surface area contributed by atoms with Crippen molar-refractivity contribution < 1.29 is 14.1 Å². The molecule has 0 bridgehead atoms. The number of allylic oxidation sites excluding steroid dienone is 1. The van der Waals surface area contributed by atoms with Crippen LogP contribution in [-0.2, 0) is 0 Å². The summed E-state index contributed by atoms with van der Waals surface area (Å²) in [6.07, 6.45) is 6.17. The summed E-state index contributed by atoms with van der Waals surface area (Å²) in [4.78, 5) is 21.8. The highest BCUT2D eigenvalue weighted by Gasteiger charge is 2.10. The first-order valence-corrected chi connectivity index (χ1v) is 5.95. The van der Waals surface area contributed by atoms with E-state index in [4.69, 9.17) is 4.42 Å². The number of amides is 1. The Labute approximate surface area is 119 Å². The number of nitrogens with one attached hydrogen (secondary N) is 1. The number of carbonyl (C=O) groups excluding carboxylic acids is 1. The number of nitro benzene ring substituents is 1. The van der Waals surface area contributed by atoms with Crippen molar-refractivity contribution in [2.24, 2.45) is 5.10 Å². The molecule has 1 amide bonds. The molecule has 2 rings (SSSR count). The molecule has 7 nitrogen and oxygen atoms in total. The van der Waals surface area contributed by atoms with Crippen LogP contribution in [0.25, 0.3) is 6.08 Å². The standard InChI is InChI=1S/C14H11N3O4/c18-14(11-4-1-5-12(10-11)17(19)20)16-15-8-2-6-13-7-3-9-21-13/h1-10H,(H,16,18)/b6-2+,15-8-. The highest BCUT2D eigenvalue weighted by Crippen LogP contribution is 2.12. The zero-order valence-corrected chi connectivity index (χ0v) is 10.8. The van der Waals surface area contributed by atoms with Gasteiger partial charge in [-0.25, -0.2) is 5.43 Å². The van der Waals surface area contributed by atoms with Crippen LogP contribution in [0.15, 0.2) is 58.3 Å². The van der Waals surface area contributed by atoms with Crippen LogP contribution in [-0.4, -0.2) is 17.0 Å². The van der Waals surface area contributed by atoms with Gasteiger partial charge >= 0.3 is 0 Å². The maximum absolute atomic E-state index is 11.7. The number of furan rings is 1. The third-order valence-corrected chi connectivity index (χ3v) is 2.45. The molecule has 0 spiro atoms. The van der Waals surface area contributed by atoms with Crippen molar-refractivity contribution in [1.82, 2.24) is 5.43 Å². The molecule has 2 aromatic rings. The van der Waals surface area contributed by atoms with Crippen molar-refractivity contribution in [2.45, 2.75) is 0 Å². The quantitative estimate of drug-likeness (QED) is 0.518. The summed E-state index contributed by atoms with van der Waals surface area (Å²) >= 11 is 0. The molecule has 7 heteroatoms. The topological polar surface area (TPSA) is 97.7 Å². The average molecular weight is 285 g/mol. The molecule has 21 heavy (non-hydrogen) atoms. The first-order chi connectivity index (χ1) is 10.2. The van der Waals surface area contributed by atoms with E-state index in [1.165, 1.54) is 30.5 Å². The number of nitrogens with zero attached hydrogens (tertiary/aromatic N) is 2. The molecule has 0 saturated carbocycles. The number of hydrogen-bond acceptors (Lipinski definition) is 5. The second kappa shape index (κ2) is 6.80. The third kappa shape index (κ3) is 4.13. The molecule has 0 radical (unpaired) electrons. The van der Waals surface area contributed by atoms with Crippen LogP contribution in [0.1, 0.15) is 16.1 Å². The van der Waals surface area contributed by atoms with E-state index in [2.05, 4.69) is 10.5 Å². The number of nitro groups is 1. The van der Waals surface area contributed by atoms with E-state index in [1.54, 1.807) is 30.5 Å². The first-order valence-electron chi connectivity index (χ1n) is 5.95. The number of carbonyl (C=O) groups is 1. The molecule has 0 atom stereocenters. The van der Waals surface area contributed by atoms with Crippen molar-refractivity contribution >= 4 is 23.9 Å². The summed E-state index contributed by atoms with van der Waals surface area (Å²) in [5.74, 6) is 0.132. The van der Waals surface area contributed by atoms with Gasteiger partial charge in [0.1, 0.15) is 5.76 Å². The van der Waals surface area contributed by atoms with E-state index in [0.717, 1.165) is 0 Å². The zero-order valence-electron chi connectivity index (χ0n) is 10.8. The molecule has 106 valence electrons. The lowest BCUT2D eigenvalue weighted by Gasteiger charge is -1.98. The number of rotatable bonds is 5. The van der Waals surface area contributed by atoms with Gasteiger partial charge in [0.05, 0.1) is 11.2 Å². The minimum absolute atomic E-state index is 0.149. The Kier molecular flexibility index (Phi) is 4.60. The lowest BCUT2D eigenvalue weighted by Crippen LogP contribution is -2.17. The van der Waals surface area contributed by atoms with Crippen LogP contribution in [0.2, 0.25) is 0 Å². The fourth-order valence-electron chi connectivity index (χ4n) is 1.49. The smallest absolute Gasteiger partial charge is 0.271 e. The minimum Gasteiger partial charge on any atom is -0.465 e. The largest absolute Gasteiger partial charge is 0.465 e. The monoisotopic (exact) mass is 285 g/mol. The van der Waals surface area contributed by atoms with E-state index in [1.807, 2.05) is 0 Å². The van der Waals surface area contributed by atoms with Crippen molar-refractivity contribution in [2.75, 3.05) is 0 Å². The van der Waals surface area contributed by atoms with Gasteiger partial charge in [0.2, 0.25) is 0 Å². The Morgan fingerprint density at radius 2 is 2.19 bits per heavy atom. The van der Waals surface area contributed by atoms with Crippen molar-refractivity contribution in [3.8, 4) is 0 Å². The predicted octanol–water partition coefficient (Wildman–Crippen LogP) is 2.62. The van der Waals surface area contributed by atoms with Gasteiger partial charge in [0.25, 0.3) is 11.6 Å². The van der Waals surface area contributed by atoms with E-state index >= 15 is 0 Å². The zero-order chi connectivity index (χ0) is 15.1. The molecule has 1 aromatic carbocycles. The average Bonchev–Trinajstić information content (AvgIpc) is 3.00. The fourth-order valence-corrected chi connectivity index (χ4v) is 1.49. The number of non-ortho nitro benzene ring substituents is 1. The van der Waals surface area contributed by atoms with Crippen molar-refractivity contribution in [3.05, 3.63) is 70.2 Å². The molecule has 0 aliphatic carbocycles. The predicted molar refractivity (Wildman–Crippen MR) is 76.8 cm³/mol. The summed E-state index contributed by atoms with van der Waals surface area (Å²) < 4.78 is 5.07. The highest BCUT2D eigenvalue weighted by atomic mass is 16.6. The number of hydrazone groups is 1. The maximum Gasteiger partial charge on any atom is 0.271 e. The Hall–Kier alpha value is -3.22. The van der Waals surface area contributed by atoms with Gasteiger partial charge in [-0.1, -0.05) is 6.07 Å². The van der Waals surface area contributed by atoms with Crippen molar-refractivity contribution in [1.29, 1.82) is 0 Å². The van der Waals surface area contributed by atoms with Gasteiger partial charge < -0.3 is 4.42 Å². The Morgan fingerprint density at radius 3 is 2.90 bits per heavy atom. The lowest BCUT2D eigenvalue weighted by molar-refractivity contribution is -0.384. The molecule has 0 saturated heterocycles. The van der Waals surface area contributed by atoms with Gasteiger partial charge in [-0.05, 0) is 30.4 Å². The number of benzene rings is 1. The second-order valence-corrected chi connectivity index (χ2v) is 3.90. The van der Waals surface area contributed by atoms with E-state index < -0.39 is 10.8 Å². The van der Waals surface area contributed by atoms with Crippen LogP contribution in [0.4, 0.5) is 5.69 Å². The molecular formula is C14H11N3O4. The minimum atomic E-state index is -0.563.